The summed E-state index contributed by atoms with van der Waals surface area (Å²) in [6.45, 7) is 0. The summed E-state index contributed by atoms with van der Waals surface area (Å²) in [4.78, 5) is 7.96. The number of nitrogens with zero attached hydrogens (tertiary/aromatic N) is 1. The minimum absolute atomic E-state index is 0.0190. The number of nitrogens with one attached hydrogen (secondary N) is 1. The molecule has 2 N–H and O–H groups in total. The molecule has 1 aliphatic heterocycles. The lowest BCUT2D eigenvalue weighted by Crippen LogP contribution is -2.29. The fourth-order valence-electron chi connectivity index (χ4n) is 3.10. The zero-order valence-corrected chi connectivity index (χ0v) is 17.3. The van der Waals surface area contributed by atoms with Crippen LogP contribution < -0.4 is 20.0 Å². The minimum Gasteiger partial charge on any atom is -0.496 e. The summed E-state index contributed by atoms with van der Waals surface area (Å²) < 4.78 is 11.7. The van der Waals surface area contributed by atoms with Crippen molar-refractivity contribution < 1.29 is 14.6 Å². The summed E-state index contributed by atoms with van der Waals surface area (Å²) in [5.41, 5.74) is 2.75. The highest BCUT2D eigenvalue weighted by atomic mass is 35.5. The summed E-state index contributed by atoms with van der Waals surface area (Å²) in [7, 11) is 3.19. The monoisotopic (exact) mass is 430 g/mol. The van der Waals surface area contributed by atoms with E-state index in [4.69, 9.17) is 33.3 Å². The Bertz CT molecular complexity index is 1270. The van der Waals surface area contributed by atoms with Crippen LogP contribution in [0.4, 0.5) is 0 Å². The van der Waals surface area contributed by atoms with Crippen LogP contribution in [-0.4, -0.2) is 24.3 Å². The molecule has 2 aromatic carbocycles. The second kappa shape index (κ2) is 7.43. The number of aromatic nitrogens is 1. The number of halogens is 1. The van der Waals surface area contributed by atoms with Gasteiger partial charge in [-0.1, -0.05) is 23.7 Å². The number of fused-ring (bicyclic) bond motifs is 1. The lowest BCUT2D eigenvalue weighted by molar-refractivity contribution is 0.390. The molecule has 1 aromatic heterocycles. The molecule has 0 spiro atoms. The van der Waals surface area contributed by atoms with Crippen LogP contribution in [0.1, 0.15) is 16.0 Å². The number of benzene rings is 2. The fraction of sp³-hybridized carbons (Fsp3) is 0.100. The highest BCUT2D eigenvalue weighted by Gasteiger charge is 2.21. The van der Waals surface area contributed by atoms with Gasteiger partial charge in [0.05, 0.1) is 30.0 Å². The van der Waals surface area contributed by atoms with E-state index in [2.05, 4.69) is 9.98 Å². The predicted molar refractivity (Wildman–Crippen MR) is 114 cm³/mol. The van der Waals surface area contributed by atoms with Crippen molar-refractivity contribution in [1.29, 1.82) is 0 Å². The number of thiazole rings is 1. The quantitative estimate of drug-likeness (QED) is 0.613. The van der Waals surface area contributed by atoms with E-state index < -0.39 is 0 Å². The molecule has 0 atom stereocenters. The Kier molecular flexibility index (Phi) is 4.97. The van der Waals surface area contributed by atoms with Crippen molar-refractivity contribution in [3.05, 3.63) is 72.1 Å². The SMILES string of the molecule is COc1cc(OC)c(=Cc2sc(=S)[nH]c2O)c2c1C(c1ccc(Cl)cc1)=CN=2. The van der Waals surface area contributed by atoms with Gasteiger partial charge in [0.1, 0.15) is 11.5 Å². The summed E-state index contributed by atoms with van der Waals surface area (Å²) in [6.07, 6.45) is 3.61. The molecule has 1 aliphatic rings. The zero-order chi connectivity index (χ0) is 19.8. The Morgan fingerprint density at radius 1 is 1.18 bits per heavy atom. The van der Waals surface area contributed by atoms with Gasteiger partial charge < -0.3 is 19.6 Å². The Morgan fingerprint density at radius 2 is 1.89 bits per heavy atom. The molecule has 4 rings (SSSR count). The van der Waals surface area contributed by atoms with E-state index in [0.29, 0.717) is 30.7 Å². The molecular formula is C20H15ClN2O3S2. The van der Waals surface area contributed by atoms with Crippen molar-refractivity contribution in [2.45, 2.75) is 0 Å². The first-order valence-electron chi connectivity index (χ1n) is 8.25. The van der Waals surface area contributed by atoms with E-state index in [0.717, 1.165) is 21.9 Å². The van der Waals surface area contributed by atoms with Gasteiger partial charge in [0.15, 0.2) is 3.95 Å². The van der Waals surface area contributed by atoms with Gasteiger partial charge in [0.25, 0.3) is 0 Å². The van der Waals surface area contributed by atoms with Crippen molar-refractivity contribution in [3.63, 3.8) is 0 Å². The number of H-pyrrole nitrogens is 1. The van der Waals surface area contributed by atoms with E-state index in [1.54, 1.807) is 20.4 Å². The average Bonchev–Trinajstić information content (AvgIpc) is 3.26. The largest absolute Gasteiger partial charge is 0.496 e. The smallest absolute Gasteiger partial charge is 0.207 e. The summed E-state index contributed by atoms with van der Waals surface area (Å²) >= 11 is 12.4. The van der Waals surface area contributed by atoms with Crippen LogP contribution in [-0.2, 0) is 0 Å². The average molecular weight is 431 g/mol. The lowest BCUT2D eigenvalue weighted by Gasteiger charge is -2.12. The van der Waals surface area contributed by atoms with Gasteiger partial charge in [-0.25, -0.2) is 0 Å². The first-order valence-corrected chi connectivity index (χ1v) is 9.85. The molecule has 142 valence electrons. The molecule has 3 aromatic rings. The van der Waals surface area contributed by atoms with Crippen LogP contribution in [0.2, 0.25) is 5.02 Å². The molecule has 28 heavy (non-hydrogen) atoms. The van der Waals surface area contributed by atoms with Gasteiger partial charge in [0.2, 0.25) is 5.88 Å². The van der Waals surface area contributed by atoms with Crippen molar-refractivity contribution in [2.24, 2.45) is 4.99 Å². The second-order valence-corrected chi connectivity index (χ2v) is 8.12. The Labute approximate surface area is 174 Å². The highest BCUT2D eigenvalue weighted by molar-refractivity contribution is 7.73. The number of aromatic hydroxyl groups is 1. The second-order valence-electron chi connectivity index (χ2n) is 5.97. The number of ether oxygens (including phenoxy) is 2. The Balaban J connectivity index is 1.99. The normalized spacial score (nSPS) is 13.1. The van der Waals surface area contributed by atoms with Gasteiger partial charge >= 0.3 is 0 Å². The van der Waals surface area contributed by atoms with Crippen LogP contribution in [0.5, 0.6) is 17.4 Å². The van der Waals surface area contributed by atoms with E-state index in [9.17, 15) is 5.11 Å². The van der Waals surface area contributed by atoms with Gasteiger partial charge in [0, 0.05) is 28.1 Å². The van der Waals surface area contributed by atoms with Gasteiger partial charge in [-0.05, 0) is 36.0 Å². The van der Waals surface area contributed by atoms with Crippen molar-refractivity contribution in [2.75, 3.05) is 14.2 Å². The Hall–Kier alpha value is -2.61. The number of methoxy groups -OCH3 is 2. The summed E-state index contributed by atoms with van der Waals surface area (Å²) in [5.74, 6) is 1.26. The van der Waals surface area contributed by atoms with Crippen LogP contribution in [0.15, 0.2) is 41.5 Å². The predicted octanol–water partition coefficient (Wildman–Crippen LogP) is 4.03. The molecule has 0 radical (unpaired) electrons. The van der Waals surface area contributed by atoms with Crippen LogP contribution in [0, 0.1) is 3.95 Å². The van der Waals surface area contributed by atoms with Crippen LogP contribution in [0.25, 0.3) is 11.6 Å². The first-order chi connectivity index (χ1) is 13.5. The molecule has 0 bridgehead atoms. The number of aromatic amines is 1. The maximum atomic E-state index is 10.1. The van der Waals surface area contributed by atoms with Crippen molar-refractivity contribution in [1.82, 2.24) is 4.98 Å². The first kappa shape index (κ1) is 18.7. The molecule has 0 amide bonds. The third kappa shape index (κ3) is 3.22. The van der Waals surface area contributed by atoms with Crippen molar-refractivity contribution in [3.8, 4) is 17.4 Å². The molecule has 8 heteroatoms. The molecule has 0 aliphatic carbocycles. The zero-order valence-electron chi connectivity index (χ0n) is 14.9. The van der Waals surface area contributed by atoms with Gasteiger partial charge in [-0.2, -0.15) is 0 Å². The molecule has 0 unspecified atom stereocenters. The molecule has 0 saturated heterocycles. The van der Waals surface area contributed by atoms with Gasteiger partial charge in [-0.3, -0.25) is 4.99 Å². The highest BCUT2D eigenvalue weighted by Crippen LogP contribution is 2.33. The number of hydrogen-bond acceptors (Lipinski definition) is 6. The molecule has 0 saturated carbocycles. The maximum absolute atomic E-state index is 10.1. The third-order valence-electron chi connectivity index (χ3n) is 4.39. The third-order valence-corrected chi connectivity index (χ3v) is 5.81. The summed E-state index contributed by atoms with van der Waals surface area (Å²) in [5, 5.41) is 12.2. The lowest BCUT2D eigenvalue weighted by atomic mass is 9.97. The summed E-state index contributed by atoms with van der Waals surface area (Å²) in [6, 6.07) is 9.37. The standard InChI is InChI=1S/C20H15ClN2O3S2/c1-25-14-8-15(26-2)17-13(10-3-5-11(21)6-4-10)9-22-18(17)12(14)7-16-19(24)23-20(27)28-16/h3-9,24H,1-2H3,(H,23,27). The molecule has 2 heterocycles. The molecule has 5 nitrogen and oxygen atoms in total. The number of hydrogen-bond donors (Lipinski definition) is 2. The Morgan fingerprint density at radius 3 is 2.50 bits per heavy atom. The maximum Gasteiger partial charge on any atom is 0.207 e. The minimum atomic E-state index is 0.0190. The molecular weight excluding hydrogens is 416 g/mol. The number of rotatable bonds is 4. The van der Waals surface area contributed by atoms with Gasteiger partial charge in [-0.15, -0.1) is 11.3 Å². The van der Waals surface area contributed by atoms with Crippen molar-refractivity contribution >= 4 is 46.8 Å². The topological polar surface area (TPSA) is 66.8 Å². The van der Waals surface area contributed by atoms with Crippen LogP contribution >= 0.6 is 35.2 Å². The van der Waals surface area contributed by atoms with Crippen LogP contribution in [0.3, 0.4) is 0 Å². The van der Waals surface area contributed by atoms with E-state index in [1.807, 2.05) is 36.4 Å². The van der Waals surface area contributed by atoms with E-state index in [-0.39, 0.29) is 5.88 Å². The van der Waals surface area contributed by atoms with E-state index in [1.165, 1.54) is 11.3 Å². The van der Waals surface area contributed by atoms with E-state index >= 15 is 0 Å². The fourth-order valence-corrected chi connectivity index (χ4v) is 4.27. The molecule has 0 fully saturated rings.